The fourth-order valence-corrected chi connectivity index (χ4v) is 3.67. The molecule has 0 saturated carbocycles. The molecule has 0 saturated heterocycles. The number of rotatable bonds is 5. The fraction of sp³-hybridized carbons (Fsp3) is 0.125. The van der Waals surface area contributed by atoms with Crippen LogP contribution in [0.15, 0.2) is 57.9 Å². The van der Waals surface area contributed by atoms with Crippen molar-refractivity contribution in [2.24, 2.45) is 0 Å². The number of hydrogen-bond donors (Lipinski definition) is 1. The monoisotopic (exact) mass is 427 g/mol. The Hall–Kier alpha value is -2.39. The van der Waals surface area contributed by atoms with Gasteiger partial charge >= 0.3 is 12.1 Å². The summed E-state index contributed by atoms with van der Waals surface area (Å²) in [5, 5.41) is 9.32. The van der Waals surface area contributed by atoms with Gasteiger partial charge in [0.2, 0.25) is 0 Å². The zero-order valence-electron chi connectivity index (χ0n) is 13.0. The second-order valence-electron chi connectivity index (χ2n) is 4.74. The lowest BCUT2D eigenvalue weighted by Crippen LogP contribution is -2.38. The Morgan fingerprint density at radius 3 is 2.28 bits per heavy atom. The molecule has 2 aromatic rings. The Morgan fingerprint density at radius 2 is 1.72 bits per heavy atom. The highest BCUT2D eigenvalue weighted by Gasteiger charge is 2.34. The van der Waals surface area contributed by atoms with Gasteiger partial charge in [0, 0.05) is 4.47 Å². The molecule has 0 radical (unpaired) electrons. The lowest BCUT2D eigenvalue weighted by Gasteiger charge is -2.23. The van der Waals surface area contributed by atoms with E-state index in [0.29, 0.717) is 8.78 Å². The highest BCUT2D eigenvalue weighted by molar-refractivity contribution is 9.10. The normalized spacial score (nSPS) is 11.0. The molecule has 0 fully saturated rings. The number of para-hydroxylation sites is 1. The van der Waals surface area contributed by atoms with Crippen molar-refractivity contribution in [2.75, 3.05) is 10.9 Å². The van der Waals surface area contributed by atoms with E-state index in [-0.39, 0.29) is 22.8 Å². The zero-order valence-corrected chi connectivity index (χ0v) is 15.5. The van der Waals surface area contributed by atoms with Crippen molar-refractivity contribution in [1.82, 2.24) is 0 Å². The molecule has 25 heavy (non-hydrogen) atoms. The van der Waals surface area contributed by atoms with Gasteiger partial charge in [-0.3, -0.25) is 0 Å². The number of benzene rings is 2. The van der Waals surface area contributed by atoms with Crippen LogP contribution in [0.3, 0.4) is 0 Å². The number of nitrogens with zero attached hydrogens (tertiary/aromatic N) is 1. The van der Waals surface area contributed by atoms with Gasteiger partial charge in [0.05, 0.1) is 22.8 Å². The van der Waals surface area contributed by atoms with Crippen LogP contribution in [0.5, 0.6) is 0 Å². The molecule has 0 aliphatic heterocycles. The van der Waals surface area contributed by atoms with E-state index < -0.39 is 22.1 Å². The zero-order chi connectivity index (χ0) is 18.6. The number of carbonyl (C=O) groups is 2. The van der Waals surface area contributed by atoms with Crippen molar-refractivity contribution in [3.8, 4) is 0 Å². The molecular weight excluding hydrogens is 414 g/mol. The second-order valence-corrected chi connectivity index (χ2v) is 7.45. The smallest absolute Gasteiger partial charge is 0.428 e. The Labute approximate surface area is 153 Å². The summed E-state index contributed by atoms with van der Waals surface area (Å²) in [6, 6.07) is 10.9. The topological polar surface area (TPSA) is 101 Å². The first-order valence-corrected chi connectivity index (χ1v) is 9.32. The number of halogens is 1. The third-order valence-corrected chi connectivity index (χ3v) is 5.36. The number of anilines is 1. The maximum absolute atomic E-state index is 13.0. The van der Waals surface area contributed by atoms with Gasteiger partial charge in [-0.2, -0.15) is 4.31 Å². The van der Waals surface area contributed by atoms with Gasteiger partial charge in [-0.05, 0) is 43.3 Å². The van der Waals surface area contributed by atoms with Crippen LogP contribution in [-0.2, 0) is 14.8 Å². The Bertz CT molecular complexity index is 895. The standard InChI is InChI=1S/C16H14BrNO6S/c1-2-24-16(21)18(14-6-4-3-5-13(14)15(19)20)25(22,23)12-9-7-11(17)8-10-12/h3-10H,2H2,1H3,(H,19,20). The van der Waals surface area contributed by atoms with Gasteiger partial charge in [0.25, 0.3) is 10.0 Å². The van der Waals surface area contributed by atoms with Crippen LogP contribution >= 0.6 is 15.9 Å². The van der Waals surface area contributed by atoms with Gasteiger partial charge in [-0.1, -0.05) is 28.1 Å². The van der Waals surface area contributed by atoms with E-state index in [1.165, 1.54) is 55.5 Å². The number of aromatic carboxylic acids is 1. The highest BCUT2D eigenvalue weighted by atomic mass is 79.9. The summed E-state index contributed by atoms with van der Waals surface area (Å²) >= 11 is 3.20. The largest absolute Gasteiger partial charge is 0.478 e. The van der Waals surface area contributed by atoms with E-state index in [9.17, 15) is 23.1 Å². The Morgan fingerprint density at radius 1 is 1.12 bits per heavy atom. The lowest BCUT2D eigenvalue weighted by atomic mass is 10.2. The summed E-state index contributed by atoms with van der Waals surface area (Å²) in [5.74, 6) is -1.36. The van der Waals surface area contributed by atoms with E-state index in [1.807, 2.05) is 0 Å². The summed E-state index contributed by atoms with van der Waals surface area (Å²) in [4.78, 5) is 23.6. The number of carboxylic acids is 1. The molecule has 0 heterocycles. The molecule has 0 spiro atoms. The quantitative estimate of drug-likeness (QED) is 0.783. The molecule has 9 heteroatoms. The van der Waals surface area contributed by atoms with E-state index >= 15 is 0 Å². The Balaban J connectivity index is 2.67. The predicted octanol–water partition coefficient (Wildman–Crippen LogP) is 3.50. The minimum Gasteiger partial charge on any atom is -0.478 e. The highest BCUT2D eigenvalue weighted by Crippen LogP contribution is 2.28. The molecule has 0 atom stereocenters. The molecule has 0 bridgehead atoms. The van der Waals surface area contributed by atoms with Crippen LogP contribution in [0.4, 0.5) is 10.5 Å². The summed E-state index contributed by atoms with van der Waals surface area (Å²) in [7, 11) is -4.37. The molecule has 0 aliphatic rings. The number of hydrogen-bond acceptors (Lipinski definition) is 5. The second kappa shape index (κ2) is 7.66. The first-order chi connectivity index (χ1) is 11.8. The van der Waals surface area contributed by atoms with Gasteiger partial charge in [0.1, 0.15) is 0 Å². The molecule has 1 N–H and O–H groups in total. The minimum absolute atomic E-state index is 0.0690. The number of carboxylic acid groups (broad SMARTS) is 1. The third kappa shape index (κ3) is 3.99. The molecule has 0 aromatic heterocycles. The number of carbonyl (C=O) groups excluding carboxylic acids is 1. The van der Waals surface area contributed by atoms with Crippen LogP contribution in [-0.4, -0.2) is 32.2 Å². The first kappa shape index (κ1) is 18.9. The van der Waals surface area contributed by atoms with Crippen molar-refractivity contribution in [3.05, 3.63) is 58.6 Å². The summed E-state index contributed by atoms with van der Waals surface area (Å²) in [6.45, 7) is 1.45. The van der Waals surface area contributed by atoms with Crippen molar-refractivity contribution in [1.29, 1.82) is 0 Å². The van der Waals surface area contributed by atoms with Gasteiger partial charge in [-0.25, -0.2) is 18.0 Å². The van der Waals surface area contributed by atoms with Crippen molar-refractivity contribution in [3.63, 3.8) is 0 Å². The van der Waals surface area contributed by atoms with Crippen LogP contribution in [0.25, 0.3) is 0 Å². The predicted molar refractivity (Wildman–Crippen MR) is 94.2 cm³/mol. The SMILES string of the molecule is CCOC(=O)N(c1ccccc1C(=O)O)S(=O)(=O)c1ccc(Br)cc1. The van der Waals surface area contributed by atoms with Gasteiger partial charge in [0.15, 0.2) is 0 Å². The molecule has 0 unspecified atom stereocenters. The van der Waals surface area contributed by atoms with Gasteiger partial charge < -0.3 is 9.84 Å². The summed E-state index contributed by atoms with van der Waals surface area (Å²) < 4.78 is 31.8. The van der Waals surface area contributed by atoms with Crippen molar-refractivity contribution >= 4 is 43.7 Å². The van der Waals surface area contributed by atoms with Crippen molar-refractivity contribution < 1.29 is 27.9 Å². The molecule has 7 nitrogen and oxygen atoms in total. The summed E-state index contributed by atoms with van der Waals surface area (Å²) in [5.41, 5.74) is -0.632. The molecule has 2 aromatic carbocycles. The average Bonchev–Trinajstić information content (AvgIpc) is 2.55. The Kier molecular flexibility index (Phi) is 5.81. The molecule has 2 rings (SSSR count). The van der Waals surface area contributed by atoms with E-state index in [2.05, 4.69) is 15.9 Å². The molecule has 1 amide bonds. The van der Waals surface area contributed by atoms with Crippen LogP contribution in [0, 0.1) is 0 Å². The first-order valence-electron chi connectivity index (χ1n) is 7.09. The number of amides is 1. The summed E-state index contributed by atoms with van der Waals surface area (Å²) in [6.07, 6.45) is -1.18. The average molecular weight is 428 g/mol. The van der Waals surface area contributed by atoms with E-state index in [0.717, 1.165) is 0 Å². The number of ether oxygens (including phenoxy) is 1. The maximum atomic E-state index is 13.0. The molecule has 132 valence electrons. The van der Waals surface area contributed by atoms with Crippen LogP contribution in [0.1, 0.15) is 17.3 Å². The number of sulfonamides is 1. The molecular formula is C16H14BrNO6S. The van der Waals surface area contributed by atoms with Crippen LogP contribution < -0.4 is 4.31 Å². The molecule has 0 aliphatic carbocycles. The fourth-order valence-electron chi connectivity index (χ4n) is 2.05. The lowest BCUT2D eigenvalue weighted by molar-refractivity contribution is 0.0698. The third-order valence-electron chi connectivity index (χ3n) is 3.14. The van der Waals surface area contributed by atoms with E-state index in [1.54, 1.807) is 0 Å². The van der Waals surface area contributed by atoms with Gasteiger partial charge in [-0.15, -0.1) is 0 Å². The van der Waals surface area contributed by atoms with Crippen LogP contribution in [0.2, 0.25) is 0 Å². The minimum atomic E-state index is -4.37. The van der Waals surface area contributed by atoms with E-state index in [4.69, 9.17) is 4.74 Å². The maximum Gasteiger partial charge on any atom is 0.428 e. The van der Waals surface area contributed by atoms with Crippen molar-refractivity contribution in [2.45, 2.75) is 11.8 Å².